The lowest BCUT2D eigenvalue weighted by atomic mass is 10.0. The number of carboxylic acids is 1. The molecular formula is C32H43N5O9S. The largest absolute Gasteiger partial charge is 0.508 e. The molecule has 0 aromatic heterocycles. The van der Waals surface area contributed by atoms with Crippen LogP contribution in [0.5, 0.6) is 5.75 Å². The van der Waals surface area contributed by atoms with Crippen molar-refractivity contribution in [1.82, 2.24) is 26.6 Å². The van der Waals surface area contributed by atoms with Crippen LogP contribution in [0.2, 0.25) is 0 Å². The van der Waals surface area contributed by atoms with Crippen molar-refractivity contribution in [2.24, 2.45) is 0 Å². The first-order valence-electron chi connectivity index (χ1n) is 14.8. The Kier molecular flexibility index (Phi) is 15.5. The van der Waals surface area contributed by atoms with E-state index in [2.05, 4.69) is 26.6 Å². The van der Waals surface area contributed by atoms with Gasteiger partial charge in [-0.2, -0.15) is 11.8 Å². The third-order valence-electron chi connectivity index (χ3n) is 6.41. The van der Waals surface area contributed by atoms with Gasteiger partial charge in [-0.3, -0.25) is 19.2 Å². The maximum Gasteiger partial charge on any atom is 0.408 e. The molecule has 2 aromatic carbocycles. The molecule has 256 valence electrons. The molecule has 0 spiro atoms. The number of amides is 5. The van der Waals surface area contributed by atoms with E-state index in [1.54, 1.807) is 63.2 Å². The maximum atomic E-state index is 13.1. The van der Waals surface area contributed by atoms with E-state index >= 15 is 0 Å². The van der Waals surface area contributed by atoms with Gasteiger partial charge in [0.2, 0.25) is 23.6 Å². The number of alkyl carbamates (subject to hydrolysis) is 1. The van der Waals surface area contributed by atoms with Crippen LogP contribution in [0, 0.1) is 0 Å². The van der Waals surface area contributed by atoms with Crippen LogP contribution in [0.1, 0.15) is 38.3 Å². The molecule has 0 aliphatic carbocycles. The van der Waals surface area contributed by atoms with Crippen LogP contribution < -0.4 is 26.6 Å². The fourth-order valence-corrected chi connectivity index (χ4v) is 4.60. The van der Waals surface area contributed by atoms with Crippen molar-refractivity contribution in [2.75, 3.05) is 25.1 Å². The molecule has 0 heterocycles. The van der Waals surface area contributed by atoms with E-state index in [9.17, 15) is 39.0 Å². The number of hydrogen-bond donors (Lipinski definition) is 7. The molecule has 0 aliphatic heterocycles. The molecule has 0 saturated heterocycles. The van der Waals surface area contributed by atoms with Gasteiger partial charge in [-0.15, -0.1) is 0 Å². The normalized spacial score (nSPS) is 12.9. The summed E-state index contributed by atoms with van der Waals surface area (Å²) in [4.78, 5) is 75.4. The third-order valence-corrected chi connectivity index (χ3v) is 7.06. The Morgan fingerprint density at radius 1 is 0.745 bits per heavy atom. The van der Waals surface area contributed by atoms with Crippen LogP contribution in [0.3, 0.4) is 0 Å². The fraction of sp³-hybridized carbons (Fsp3) is 0.438. The average molecular weight is 674 g/mol. The van der Waals surface area contributed by atoms with Gasteiger partial charge in [-0.25, -0.2) is 9.59 Å². The van der Waals surface area contributed by atoms with Crippen molar-refractivity contribution >= 4 is 47.5 Å². The van der Waals surface area contributed by atoms with E-state index in [-0.39, 0.29) is 25.0 Å². The van der Waals surface area contributed by atoms with Gasteiger partial charge in [0, 0.05) is 12.8 Å². The molecule has 3 atom stereocenters. The lowest BCUT2D eigenvalue weighted by molar-refractivity contribution is -0.142. The second-order valence-corrected chi connectivity index (χ2v) is 12.5. The summed E-state index contributed by atoms with van der Waals surface area (Å²) in [7, 11) is 0. The molecule has 2 rings (SSSR count). The molecular weight excluding hydrogens is 630 g/mol. The summed E-state index contributed by atoms with van der Waals surface area (Å²) in [5, 5.41) is 31.4. The number of nitrogens with one attached hydrogen (secondary N) is 5. The predicted molar refractivity (Wildman–Crippen MR) is 176 cm³/mol. The molecule has 47 heavy (non-hydrogen) atoms. The number of thioether (sulfide) groups is 1. The zero-order chi connectivity index (χ0) is 35.0. The Balaban J connectivity index is 1.99. The molecule has 0 bridgehead atoms. The highest BCUT2D eigenvalue weighted by Crippen LogP contribution is 2.13. The Morgan fingerprint density at radius 3 is 1.89 bits per heavy atom. The zero-order valence-electron chi connectivity index (χ0n) is 26.8. The lowest BCUT2D eigenvalue weighted by Gasteiger charge is -2.23. The summed E-state index contributed by atoms with van der Waals surface area (Å²) in [5.74, 6) is -3.49. The molecule has 2 aromatic rings. The number of carboxylic acid groups (broad SMARTS) is 1. The lowest BCUT2D eigenvalue weighted by Crippen LogP contribution is -2.54. The molecule has 5 amide bonds. The highest BCUT2D eigenvalue weighted by Gasteiger charge is 2.28. The van der Waals surface area contributed by atoms with Crippen molar-refractivity contribution in [1.29, 1.82) is 0 Å². The molecule has 0 saturated carbocycles. The van der Waals surface area contributed by atoms with Gasteiger partial charge in [-0.05, 0) is 62.5 Å². The first-order chi connectivity index (χ1) is 22.2. The topological polar surface area (TPSA) is 212 Å². The Labute approximate surface area is 277 Å². The standard InChI is InChI=1S/C32H43N5O9S/c1-32(2,3)46-31(45)37-24(17-21-10-12-22(38)13-11-21)28(41)34-18-26(39)33-19-27(40)35-25(16-20-8-6-5-7-9-20)29(42)36-23(30(43)44)14-15-47-4/h5-13,23-25,38H,14-19H2,1-4H3,(H,33,39)(H,34,41)(H,35,40)(H,36,42)(H,37,45)(H,43,44)/t23-,24-,25-/m0/s1. The molecule has 0 unspecified atom stereocenters. The maximum absolute atomic E-state index is 13.1. The summed E-state index contributed by atoms with van der Waals surface area (Å²) in [6, 6.07) is 11.4. The van der Waals surface area contributed by atoms with Gasteiger partial charge < -0.3 is 41.5 Å². The summed E-state index contributed by atoms with van der Waals surface area (Å²) in [5.41, 5.74) is 0.516. The minimum atomic E-state index is -1.20. The van der Waals surface area contributed by atoms with Gasteiger partial charge in [0.1, 0.15) is 29.5 Å². The number of aromatic hydroxyl groups is 1. The van der Waals surface area contributed by atoms with Crippen LogP contribution >= 0.6 is 11.8 Å². The molecule has 0 radical (unpaired) electrons. The number of benzene rings is 2. The first-order valence-corrected chi connectivity index (χ1v) is 16.2. The summed E-state index contributed by atoms with van der Waals surface area (Å²) in [6.45, 7) is 3.93. The van der Waals surface area contributed by atoms with Crippen LogP contribution in [0.15, 0.2) is 54.6 Å². The number of ether oxygens (including phenoxy) is 1. The van der Waals surface area contributed by atoms with Gasteiger partial charge in [0.15, 0.2) is 0 Å². The molecule has 0 fully saturated rings. The highest BCUT2D eigenvalue weighted by molar-refractivity contribution is 7.98. The zero-order valence-corrected chi connectivity index (χ0v) is 27.6. The van der Waals surface area contributed by atoms with E-state index < -0.39 is 72.5 Å². The van der Waals surface area contributed by atoms with E-state index in [4.69, 9.17) is 4.74 Å². The van der Waals surface area contributed by atoms with Crippen molar-refractivity contribution in [2.45, 2.75) is 63.8 Å². The number of hydrogen-bond acceptors (Lipinski definition) is 9. The second kappa shape index (κ2) is 19.0. The number of rotatable bonds is 17. The minimum absolute atomic E-state index is 0.0261. The van der Waals surface area contributed by atoms with Crippen molar-refractivity contribution < 1.29 is 43.7 Å². The van der Waals surface area contributed by atoms with Crippen LogP contribution in [0.4, 0.5) is 4.79 Å². The highest BCUT2D eigenvalue weighted by atomic mass is 32.2. The summed E-state index contributed by atoms with van der Waals surface area (Å²) in [6.07, 6.45) is 1.27. The number of phenolic OH excluding ortho intramolecular Hbond substituents is 1. The van der Waals surface area contributed by atoms with E-state index in [1.807, 2.05) is 6.26 Å². The quantitative estimate of drug-likeness (QED) is 0.127. The Morgan fingerprint density at radius 2 is 1.32 bits per heavy atom. The number of carbonyl (C=O) groups is 6. The summed E-state index contributed by atoms with van der Waals surface area (Å²) < 4.78 is 5.25. The number of phenols is 1. The smallest absolute Gasteiger partial charge is 0.408 e. The average Bonchev–Trinajstić information content (AvgIpc) is 3.00. The van der Waals surface area contributed by atoms with Crippen LogP contribution in [0.25, 0.3) is 0 Å². The van der Waals surface area contributed by atoms with Gasteiger partial charge in [0.25, 0.3) is 0 Å². The minimum Gasteiger partial charge on any atom is -0.508 e. The first kappa shape index (κ1) is 38.4. The van der Waals surface area contributed by atoms with Crippen molar-refractivity contribution in [3.63, 3.8) is 0 Å². The van der Waals surface area contributed by atoms with Crippen LogP contribution in [-0.4, -0.2) is 94.7 Å². The van der Waals surface area contributed by atoms with Gasteiger partial charge in [-0.1, -0.05) is 42.5 Å². The summed E-state index contributed by atoms with van der Waals surface area (Å²) >= 11 is 1.43. The van der Waals surface area contributed by atoms with Gasteiger partial charge in [0.05, 0.1) is 13.1 Å². The van der Waals surface area contributed by atoms with E-state index in [0.29, 0.717) is 11.3 Å². The Bertz CT molecular complexity index is 1370. The molecule has 7 N–H and O–H groups in total. The van der Waals surface area contributed by atoms with E-state index in [1.165, 1.54) is 23.9 Å². The van der Waals surface area contributed by atoms with E-state index in [0.717, 1.165) is 5.56 Å². The van der Waals surface area contributed by atoms with Crippen molar-refractivity contribution in [3.05, 3.63) is 65.7 Å². The van der Waals surface area contributed by atoms with Crippen molar-refractivity contribution in [3.8, 4) is 5.75 Å². The SMILES string of the molecule is CSCC[C@H](NC(=O)[C@H](Cc1ccccc1)NC(=O)CNC(=O)CNC(=O)[C@H](Cc1ccc(O)cc1)NC(=O)OC(C)(C)C)C(=O)O. The number of carbonyl (C=O) groups excluding carboxylic acids is 5. The predicted octanol–water partition coefficient (Wildman–Crippen LogP) is 1.11. The second-order valence-electron chi connectivity index (χ2n) is 11.6. The molecule has 14 nitrogen and oxygen atoms in total. The fourth-order valence-electron chi connectivity index (χ4n) is 4.13. The monoisotopic (exact) mass is 673 g/mol. The Hall–Kier alpha value is -4.79. The van der Waals surface area contributed by atoms with Gasteiger partial charge >= 0.3 is 12.1 Å². The molecule has 15 heteroatoms. The molecule has 0 aliphatic rings. The van der Waals surface area contributed by atoms with Crippen LogP contribution in [-0.2, 0) is 41.6 Å². The number of aliphatic carboxylic acids is 1. The third kappa shape index (κ3) is 15.4.